The van der Waals surface area contributed by atoms with E-state index >= 15 is 0 Å². The summed E-state index contributed by atoms with van der Waals surface area (Å²) in [5, 5.41) is 10.3. The normalized spacial score (nSPS) is 10.2. The van der Waals surface area contributed by atoms with E-state index in [1.165, 1.54) is 11.6 Å². The van der Waals surface area contributed by atoms with Crippen LogP contribution in [0.25, 0.3) is 11.3 Å². The van der Waals surface area contributed by atoms with Gasteiger partial charge in [0.25, 0.3) is 5.91 Å². The predicted molar refractivity (Wildman–Crippen MR) is 55.3 cm³/mol. The number of hydrogen-bond acceptors (Lipinski definition) is 5. The van der Waals surface area contributed by atoms with E-state index < -0.39 is 11.9 Å². The van der Waals surface area contributed by atoms with Crippen molar-refractivity contribution >= 4 is 23.2 Å². The second kappa shape index (κ2) is 3.78. The van der Waals surface area contributed by atoms with Crippen LogP contribution < -0.4 is 5.73 Å². The molecule has 2 rings (SSSR count). The summed E-state index contributed by atoms with van der Waals surface area (Å²) in [6, 6.07) is 0. The summed E-state index contributed by atoms with van der Waals surface area (Å²) in [5.74, 6) is -1.62. The van der Waals surface area contributed by atoms with Gasteiger partial charge in [-0.1, -0.05) is 0 Å². The highest BCUT2D eigenvalue weighted by atomic mass is 32.1. The van der Waals surface area contributed by atoms with Crippen molar-refractivity contribution in [1.82, 2.24) is 4.98 Å². The fourth-order valence-electron chi connectivity index (χ4n) is 1.28. The number of nitrogens with zero attached hydrogens (tertiary/aromatic N) is 1. The lowest BCUT2D eigenvalue weighted by molar-refractivity contribution is 0.0698. The van der Waals surface area contributed by atoms with Gasteiger partial charge in [-0.15, -0.1) is 11.3 Å². The Kier molecular flexibility index (Phi) is 2.45. The van der Waals surface area contributed by atoms with Crippen LogP contribution in [0.5, 0.6) is 0 Å². The number of aromatic carboxylic acids is 1. The van der Waals surface area contributed by atoms with Gasteiger partial charge in [0.1, 0.15) is 4.88 Å². The predicted octanol–water partition coefficient (Wildman–Crippen LogP) is 1.20. The second-order valence-corrected chi connectivity index (χ2v) is 3.77. The number of thiophene rings is 1. The van der Waals surface area contributed by atoms with Crippen molar-refractivity contribution in [3.63, 3.8) is 0 Å². The molecule has 0 radical (unpaired) electrons. The van der Waals surface area contributed by atoms with Crippen LogP contribution in [0, 0.1) is 0 Å². The molecule has 0 aliphatic rings. The van der Waals surface area contributed by atoms with Crippen LogP contribution in [0.2, 0.25) is 0 Å². The molecule has 0 unspecified atom stereocenters. The molecule has 2 aromatic rings. The largest absolute Gasteiger partial charge is 0.478 e. The Hall–Kier alpha value is -2.15. The zero-order valence-electron chi connectivity index (χ0n) is 7.84. The first-order valence-corrected chi connectivity index (χ1v) is 5.02. The molecule has 6 nitrogen and oxygen atoms in total. The number of aromatic nitrogens is 1. The minimum atomic E-state index is -1.14. The van der Waals surface area contributed by atoms with Crippen molar-refractivity contribution in [3.05, 3.63) is 28.4 Å². The lowest BCUT2D eigenvalue weighted by atomic mass is 10.1. The number of amides is 1. The molecule has 7 heteroatoms. The molecule has 0 aliphatic carbocycles. The van der Waals surface area contributed by atoms with Gasteiger partial charge in [-0.2, -0.15) is 0 Å². The fourth-order valence-corrected chi connectivity index (χ4v) is 2.18. The Morgan fingerprint density at radius 3 is 2.75 bits per heavy atom. The second-order valence-electron chi connectivity index (χ2n) is 2.89. The van der Waals surface area contributed by atoms with Crippen molar-refractivity contribution < 1.29 is 19.1 Å². The molecule has 82 valence electrons. The number of rotatable bonds is 3. The first-order valence-electron chi connectivity index (χ1n) is 4.14. The molecule has 2 heterocycles. The summed E-state index contributed by atoms with van der Waals surface area (Å²) in [5.41, 5.74) is 5.32. The van der Waals surface area contributed by atoms with Gasteiger partial charge in [-0.25, -0.2) is 9.78 Å². The SMILES string of the molecule is NC(=O)c1scc(C(=O)O)c1-c1cnco1. The molecule has 0 spiro atoms. The number of oxazole rings is 1. The van der Waals surface area contributed by atoms with Crippen molar-refractivity contribution in [1.29, 1.82) is 0 Å². The van der Waals surface area contributed by atoms with E-state index in [2.05, 4.69) is 4.98 Å². The average molecular weight is 238 g/mol. The molecule has 1 amide bonds. The molecule has 0 saturated carbocycles. The Labute approximate surface area is 93.3 Å². The summed E-state index contributed by atoms with van der Waals surface area (Å²) in [6.07, 6.45) is 2.49. The van der Waals surface area contributed by atoms with Gasteiger partial charge in [-0.05, 0) is 0 Å². The molecule has 0 aromatic carbocycles. The van der Waals surface area contributed by atoms with E-state index in [0.717, 1.165) is 17.7 Å². The number of carbonyl (C=O) groups is 2. The van der Waals surface area contributed by atoms with E-state index in [9.17, 15) is 9.59 Å². The monoisotopic (exact) mass is 238 g/mol. The molecular weight excluding hydrogens is 232 g/mol. The topological polar surface area (TPSA) is 106 Å². The number of carboxylic acids is 1. The van der Waals surface area contributed by atoms with Gasteiger partial charge in [0, 0.05) is 5.38 Å². The maximum atomic E-state index is 11.1. The van der Waals surface area contributed by atoms with Crippen LogP contribution in [0.3, 0.4) is 0 Å². The third-order valence-corrected chi connectivity index (χ3v) is 2.92. The maximum absolute atomic E-state index is 11.1. The van der Waals surface area contributed by atoms with E-state index in [-0.39, 0.29) is 21.8 Å². The summed E-state index contributed by atoms with van der Waals surface area (Å²) in [4.78, 5) is 25.9. The van der Waals surface area contributed by atoms with E-state index in [4.69, 9.17) is 15.3 Å². The molecule has 0 aliphatic heterocycles. The van der Waals surface area contributed by atoms with E-state index in [0.29, 0.717) is 0 Å². The van der Waals surface area contributed by atoms with Crippen molar-refractivity contribution in [2.75, 3.05) is 0 Å². The van der Waals surface area contributed by atoms with Crippen molar-refractivity contribution in [2.24, 2.45) is 5.73 Å². The van der Waals surface area contributed by atoms with Gasteiger partial charge >= 0.3 is 5.97 Å². The lowest BCUT2D eigenvalue weighted by Gasteiger charge is -1.98. The Morgan fingerprint density at radius 2 is 2.25 bits per heavy atom. The lowest BCUT2D eigenvalue weighted by Crippen LogP contribution is -2.10. The molecule has 0 atom stereocenters. The highest BCUT2D eigenvalue weighted by Gasteiger charge is 2.23. The Balaban J connectivity index is 2.68. The van der Waals surface area contributed by atoms with Gasteiger partial charge in [-0.3, -0.25) is 4.79 Å². The smallest absolute Gasteiger partial charge is 0.337 e. The molecular formula is C9H6N2O4S. The number of nitrogens with two attached hydrogens (primary N) is 1. The Bertz CT molecular complexity index is 512. The number of carboxylic acid groups (broad SMARTS) is 1. The highest BCUT2D eigenvalue weighted by molar-refractivity contribution is 7.13. The molecule has 2 aromatic heterocycles. The molecule has 16 heavy (non-hydrogen) atoms. The van der Waals surface area contributed by atoms with Crippen molar-refractivity contribution in [3.8, 4) is 11.3 Å². The number of carbonyl (C=O) groups excluding carboxylic acids is 1. The van der Waals surface area contributed by atoms with Crippen LogP contribution in [-0.4, -0.2) is 22.0 Å². The van der Waals surface area contributed by atoms with Gasteiger partial charge in [0.2, 0.25) is 0 Å². The third-order valence-electron chi connectivity index (χ3n) is 1.92. The van der Waals surface area contributed by atoms with Crippen LogP contribution in [0.1, 0.15) is 20.0 Å². The van der Waals surface area contributed by atoms with Gasteiger partial charge in [0.05, 0.1) is 17.3 Å². The minimum Gasteiger partial charge on any atom is -0.478 e. The third kappa shape index (κ3) is 1.57. The van der Waals surface area contributed by atoms with Gasteiger partial charge in [0.15, 0.2) is 12.2 Å². The quantitative estimate of drug-likeness (QED) is 0.835. The fraction of sp³-hybridized carbons (Fsp3) is 0. The van der Waals surface area contributed by atoms with Crippen LogP contribution in [-0.2, 0) is 0 Å². The van der Waals surface area contributed by atoms with E-state index in [1.54, 1.807) is 0 Å². The first-order chi connectivity index (χ1) is 7.61. The van der Waals surface area contributed by atoms with Crippen LogP contribution in [0.4, 0.5) is 0 Å². The summed E-state index contributed by atoms with van der Waals surface area (Å²) in [6.45, 7) is 0. The van der Waals surface area contributed by atoms with Crippen molar-refractivity contribution in [2.45, 2.75) is 0 Å². The maximum Gasteiger partial charge on any atom is 0.337 e. The summed E-state index contributed by atoms with van der Waals surface area (Å²) in [7, 11) is 0. The zero-order valence-corrected chi connectivity index (χ0v) is 8.65. The molecule has 3 N–H and O–H groups in total. The summed E-state index contributed by atoms with van der Waals surface area (Å²) < 4.78 is 4.98. The number of hydrogen-bond donors (Lipinski definition) is 2. The first kappa shape index (κ1) is 10.4. The van der Waals surface area contributed by atoms with Crippen LogP contribution in [0.15, 0.2) is 22.4 Å². The highest BCUT2D eigenvalue weighted by Crippen LogP contribution is 2.32. The minimum absolute atomic E-state index is 0.0180. The summed E-state index contributed by atoms with van der Waals surface area (Å²) >= 11 is 0.968. The molecule has 0 saturated heterocycles. The van der Waals surface area contributed by atoms with Crippen LogP contribution >= 0.6 is 11.3 Å². The Morgan fingerprint density at radius 1 is 1.50 bits per heavy atom. The number of primary amides is 1. The molecule has 0 fully saturated rings. The van der Waals surface area contributed by atoms with Gasteiger partial charge < -0.3 is 15.3 Å². The zero-order chi connectivity index (χ0) is 11.7. The average Bonchev–Trinajstić information content (AvgIpc) is 2.85. The van der Waals surface area contributed by atoms with E-state index in [1.807, 2.05) is 0 Å². The standard InChI is InChI=1S/C9H6N2O4S/c10-8(12)7-6(5-1-11-3-15-5)4(2-16-7)9(13)14/h1-3H,(H2,10,12)(H,13,14). The molecule has 0 bridgehead atoms.